The predicted octanol–water partition coefficient (Wildman–Crippen LogP) is 4.04. The summed E-state index contributed by atoms with van der Waals surface area (Å²) >= 11 is 6.07. The van der Waals surface area contributed by atoms with Crippen LogP contribution in [-0.2, 0) is 6.54 Å². The molecule has 3 heteroatoms. The number of ketones is 1. The van der Waals surface area contributed by atoms with Crippen molar-refractivity contribution >= 4 is 17.4 Å². The first-order valence-electron chi connectivity index (χ1n) is 6.74. The van der Waals surface area contributed by atoms with Gasteiger partial charge in [-0.1, -0.05) is 61.0 Å². The molecule has 104 valence electrons. The van der Waals surface area contributed by atoms with Crippen molar-refractivity contribution in [3.63, 3.8) is 0 Å². The van der Waals surface area contributed by atoms with E-state index in [1.165, 1.54) is 5.56 Å². The molecule has 0 aliphatic carbocycles. The number of Topliss-reactive ketones (excluding diaryl/α,β-unsaturated/α-hetero) is 1. The molecule has 0 saturated heterocycles. The summed E-state index contributed by atoms with van der Waals surface area (Å²) in [6, 6.07) is 17.4. The first-order chi connectivity index (χ1) is 9.70. The molecule has 0 bridgehead atoms. The van der Waals surface area contributed by atoms with E-state index in [4.69, 9.17) is 11.6 Å². The zero-order valence-electron chi connectivity index (χ0n) is 11.6. The van der Waals surface area contributed by atoms with Gasteiger partial charge in [-0.25, -0.2) is 0 Å². The van der Waals surface area contributed by atoms with Crippen LogP contribution < -0.4 is 0 Å². The van der Waals surface area contributed by atoms with Crippen molar-refractivity contribution < 1.29 is 4.79 Å². The minimum absolute atomic E-state index is 0.0633. The van der Waals surface area contributed by atoms with E-state index in [2.05, 4.69) is 24.0 Å². The maximum absolute atomic E-state index is 12.3. The van der Waals surface area contributed by atoms with E-state index in [1.54, 1.807) is 12.1 Å². The van der Waals surface area contributed by atoms with E-state index < -0.39 is 0 Å². The lowest BCUT2D eigenvalue weighted by molar-refractivity contribution is 0.0929. The Kier molecular flexibility index (Phi) is 5.33. The number of likely N-dealkylation sites (N-methyl/N-ethyl adjacent to an activating group) is 1. The van der Waals surface area contributed by atoms with Crippen LogP contribution in [0.15, 0.2) is 54.6 Å². The zero-order valence-corrected chi connectivity index (χ0v) is 12.3. The fourth-order valence-electron chi connectivity index (χ4n) is 2.10. The van der Waals surface area contributed by atoms with Gasteiger partial charge in [0.05, 0.1) is 11.6 Å². The third-order valence-corrected chi connectivity index (χ3v) is 3.57. The Morgan fingerprint density at radius 2 is 1.70 bits per heavy atom. The molecule has 2 rings (SSSR count). The van der Waals surface area contributed by atoms with Crippen LogP contribution in [0, 0.1) is 0 Å². The van der Waals surface area contributed by atoms with Crippen molar-refractivity contribution in [1.82, 2.24) is 4.90 Å². The summed E-state index contributed by atoms with van der Waals surface area (Å²) in [7, 11) is 0. The minimum atomic E-state index is 0.0633. The lowest BCUT2D eigenvalue weighted by atomic mass is 10.1. The molecule has 0 aromatic heterocycles. The van der Waals surface area contributed by atoms with Crippen LogP contribution in [0.1, 0.15) is 22.8 Å². The largest absolute Gasteiger partial charge is 0.293 e. The van der Waals surface area contributed by atoms with E-state index >= 15 is 0 Å². The second-order valence-corrected chi connectivity index (χ2v) is 5.10. The highest BCUT2D eigenvalue weighted by molar-refractivity contribution is 6.34. The van der Waals surface area contributed by atoms with Gasteiger partial charge < -0.3 is 0 Å². The van der Waals surface area contributed by atoms with E-state index in [1.807, 2.05) is 30.3 Å². The minimum Gasteiger partial charge on any atom is -0.293 e. The van der Waals surface area contributed by atoms with Gasteiger partial charge in [0, 0.05) is 12.1 Å². The van der Waals surface area contributed by atoms with E-state index in [0.717, 1.165) is 13.1 Å². The fourth-order valence-corrected chi connectivity index (χ4v) is 2.34. The fraction of sp³-hybridized carbons (Fsp3) is 0.235. The normalized spacial score (nSPS) is 10.8. The maximum atomic E-state index is 12.3. The van der Waals surface area contributed by atoms with Gasteiger partial charge in [0.1, 0.15) is 0 Å². The van der Waals surface area contributed by atoms with Gasteiger partial charge >= 0.3 is 0 Å². The van der Waals surface area contributed by atoms with Gasteiger partial charge in [0.15, 0.2) is 5.78 Å². The van der Waals surface area contributed by atoms with Gasteiger partial charge in [-0.15, -0.1) is 0 Å². The van der Waals surface area contributed by atoms with Gasteiger partial charge in [-0.05, 0) is 24.2 Å². The SMILES string of the molecule is CCN(CC(=O)c1ccccc1Cl)Cc1ccccc1. The van der Waals surface area contributed by atoms with E-state index in [0.29, 0.717) is 17.1 Å². The highest BCUT2D eigenvalue weighted by atomic mass is 35.5. The molecular formula is C17H18ClNO. The molecule has 2 aromatic carbocycles. The molecule has 0 spiro atoms. The molecule has 0 fully saturated rings. The molecule has 2 nitrogen and oxygen atoms in total. The summed E-state index contributed by atoms with van der Waals surface area (Å²) < 4.78 is 0. The van der Waals surface area contributed by atoms with Crippen molar-refractivity contribution in [3.05, 3.63) is 70.7 Å². The van der Waals surface area contributed by atoms with Crippen molar-refractivity contribution in [1.29, 1.82) is 0 Å². The summed E-state index contributed by atoms with van der Waals surface area (Å²) in [6.45, 7) is 4.04. The van der Waals surface area contributed by atoms with Crippen molar-refractivity contribution in [2.75, 3.05) is 13.1 Å². The molecule has 2 aromatic rings. The quantitative estimate of drug-likeness (QED) is 0.747. The number of benzene rings is 2. The summed E-state index contributed by atoms with van der Waals surface area (Å²) in [4.78, 5) is 14.4. The second-order valence-electron chi connectivity index (χ2n) is 4.69. The molecular weight excluding hydrogens is 270 g/mol. The molecule has 0 unspecified atom stereocenters. The lowest BCUT2D eigenvalue weighted by Gasteiger charge is -2.19. The van der Waals surface area contributed by atoms with Crippen LogP contribution in [0.4, 0.5) is 0 Å². The average molecular weight is 288 g/mol. The third-order valence-electron chi connectivity index (χ3n) is 3.24. The van der Waals surface area contributed by atoms with Crippen molar-refractivity contribution in [2.45, 2.75) is 13.5 Å². The van der Waals surface area contributed by atoms with Crippen molar-refractivity contribution in [2.24, 2.45) is 0 Å². The summed E-state index contributed by atoms with van der Waals surface area (Å²) in [5.41, 5.74) is 1.81. The van der Waals surface area contributed by atoms with E-state index in [-0.39, 0.29) is 5.78 Å². The highest BCUT2D eigenvalue weighted by Gasteiger charge is 2.13. The predicted molar refractivity (Wildman–Crippen MR) is 83.2 cm³/mol. The van der Waals surface area contributed by atoms with Gasteiger partial charge in [0.25, 0.3) is 0 Å². The molecule has 20 heavy (non-hydrogen) atoms. The Morgan fingerprint density at radius 1 is 1.05 bits per heavy atom. The topological polar surface area (TPSA) is 20.3 Å². The van der Waals surface area contributed by atoms with Crippen LogP contribution >= 0.6 is 11.6 Å². The zero-order chi connectivity index (χ0) is 14.4. The average Bonchev–Trinajstić information content (AvgIpc) is 2.48. The van der Waals surface area contributed by atoms with Gasteiger partial charge in [0.2, 0.25) is 0 Å². The Morgan fingerprint density at radius 3 is 2.35 bits per heavy atom. The number of carbonyl (C=O) groups excluding carboxylic acids is 1. The number of rotatable bonds is 6. The van der Waals surface area contributed by atoms with Crippen molar-refractivity contribution in [3.8, 4) is 0 Å². The molecule has 0 N–H and O–H groups in total. The van der Waals surface area contributed by atoms with Gasteiger partial charge in [-0.2, -0.15) is 0 Å². The lowest BCUT2D eigenvalue weighted by Crippen LogP contribution is -2.29. The highest BCUT2D eigenvalue weighted by Crippen LogP contribution is 2.16. The number of hydrogen-bond acceptors (Lipinski definition) is 2. The van der Waals surface area contributed by atoms with Crippen LogP contribution in [-0.4, -0.2) is 23.8 Å². The van der Waals surface area contributed by atoms with Crippen LogP contribution in [0.2, 0.25) is 5.02 Å². The Balaban J connectivity index is 2.03. The summed E-state index contributed by atoms with van der Waals surface area (Å²) in [6.07, 6.45) is 0. The van der Waals surface area contributed by atoms with Crippen LogP contribution in [0.3, 0.4) is 0 Å². The van der Waals surface area contributed by atoms with Gasteiger partial charge in [-0.3, -0.25) is 9.69 Å². The molecule has 0 radical (unpaired) electrons. The Hall–Kier alpha value is -1.64. The monoisotopic (exact) mass is 287 g/mol. The number of hydrogen-bond donors (Lipinski definition) is 0. The van der Waals surface area contributed by atoms with Crippen LogP contribution in [0.5, 0.6) is 0 Å². The molecule has 0 amide bonds. The molecule has 0 aliphatic rings. The molecule has 0 atom stereocenters. The Bertz CT molecular complexity index is 568. The molecule has 0 heterocycles. The second kappa shape index (κ2) is 7.22. The standard InChI is InChI=1S/C17H18ClNO/c1-2-19(12-14-8-4-3-5-9-14)13-17(20)15-10-6-7-11-16(15)18/h3-11H,2,12-13H2,1H3. The first kappa shape index (κ1) is 14.8. The third kappa shape index (κ3) is 3.92. The number of nitrogens with zero attached hydrogens (tertiary/aromatic N) is 1. The first-order valence-corrected chi connectivity index (χ1v) is 7.12. The molecule has 0 saturated carbocycles. The summed E-state index contributed by atoms with van der Waals surface area (Å²) in [5, 5.41) is 0.522. The summed E-state index contributed by atoms with van der Waals surface area (Å²) in [5.74, 6) is 0.0633. The Labute approximate surface area is 125 Å². The number of halogens is 1. The number of carbonyl (C=O) groups is 1. The van der Waals surface area contributed by atoms with E-state index in [9.17, 15) is 4.79 Å². The maximum Gasteiger partial charge on any atom is 0.178 e. The molecule has 0 aliphatic heterocycles. The van der Waals surface area contributed by atoms with Crippen LogP contribution in [0.25, 0.3) is 0 Å². The smallest absolute Gasteiger partial charge is 0.178 e.